The zero-order chi connectivity index (χ0) is 10.3. The third kappa shape index (κ3) is 9.57. The summed E-state index contributed by atoms with van der Waals surface area (Å²) in [5.74, 6) is 0. The number of likely N-dealkylation sites (N-methyl/N-ethyl adjacent to an activating group) is 1. The van der Waals surface area contributed by atoms with Gasteiger partial charge in [-0.2, -0.15) is 0 Å². The lowest BCUT2D eigenvalue weighted by molar-refractivity contribution is 0.314. The minimum atomic E-state index is 0.235. The molecule has 0 aliphatic rings. The van der Waals surface area contributed by atoms with E-state index in [0.29, 0.717) is 0 Å². The van der Waals surface area contributed by atoms with Crippen molar-refractivity contribution < 1.29 is 0 Å². The van der Waals surface area contributed by atoms with Gasteiger partial charge in [-0.1, -0.05) is 6.08 Å². The van der Waals surface area contributed by atoms with Crippen molar-refractivity contribution in [3.05, 3.63) is 12.7 Å². The van der Waals surface area contributed by atoms with Crippen LogP contribution in [0.1, 0.15) is 27.2 Å². The van der Waals surface area contributed by atoms with Crippen LogP contribution in [0.5, 0.6) is 0 Å². The monoisotopic (exact) mass is 184 g/mol. The maximum absolute atomic E-state index is 3.71. The molecule has 2 nitrogen and oxygen atoms in total. The summed E-state index contributed by atoms with van der Waals surface area (Å²) in [5.41, 5.74) is 0.235. The summed E-state index contributed by atoms with van der Waals surface area (Å²) in [7, 11) is 2.15. The highest BCUT2D eigenvalue weighted by molar-refractivity contribution is 4.72. The summed E-state index contributed by atoms with van der Waals surface area (Å²) in [6.45, 7) is 13.5. The Kier molecular flexibility index (Phi) is 6.00. The van der Waals surface area contributed by atoms with Gasteiger partial charge >= 0.3 is 0 Å². The molecule has 1 N–H and O–H groups in total. The van der Waals surface area contributed by atoms with Crippen molar-refractivity contribution >= 4 is 0 Å². The lowest BCUT2D eigenvalue weighted by Crippen LogP contribution is -2.40. The molecule has 0 aromatic carbocycles. The lowest BCUT2D eigenvalue weighted by atomic mass is 10.1. The van der Waals surface area contributed by atoms with E-state index in [-0.39, 0.29) is 5.54 Å². The Morgan fingerprint density at radius 3 is 2.38 bits per heavy atom. The van der Waals surface area contributed by atoms with E-state index >= 15 is 0 Å². The molecule has 0 aromatic rings. The molecule has 0 heterocycles. The van der Waals surface area contributed by atoms with E-state index in [0.717, 1.165) is 26.1 Å². The predicted octanol–water partition coefficient (Wildman–Crippen LogP) is 1.88. The summed E-state index contributed by atoms with van der Waals surface area (Å²) >= 11 is 0. The highest BCUT2D eigenvalue weighted by Crippen LogP contribution is 1.97. The highest BCUT2D eigenvalue weighted by atomic mass is 15.1. The molecule has 0 aromatic heterocycles. The van der Waals surface area contributed by atoms with Crippen molar-refractivity contribution in [1.29, 1.82) is 0 Å². The fraction of sp³-hybridized carbons (Fsp3) is 0.818. The third-order valence-corrected chi connectivity index (χ3v) is 1.86. The van der Waals surface area contributed by atoms with Crippen LogP contribution in [-0.4, -0.2) is 37.1 Å². The van der Waals surface area contributed by atoms with E-state index in [2.05, 4.69) is 44.6 Å². The molecule has 0 saturated carbocycles. The molecule has 0 unspecified atom stereocenters. The first-order chi connectivity index (χ1) is 5.95. The van der Waals surface area contributed by atoms with Crippen LogP contribution in [0.15, 0.2) is 12.7 Å². The van der Waals surface area contributed by atoms with Crippen LogP contribution in [0.3, 0.4) is 0 Å². The van der Waals surface area contributed by atoms with Crippen LogP contribution in [0.25, 0.3) is 0 Å². The van der Waals surface area contributed by atoms with Crippen molar-refractivity contribution in [3.63, 3.8) is 0 Å². The van der Waals surface area contributed by atoms with Crippen molar-refractivity contribution in [2.24, 2.45) is 0 Å². The van der Waals surface area contributed by atoms with Crippen molar-refractivity contribution in [2.45, 2.75) is 32.7 Å². The van der Waals surface area contributed by atoms with Crippen LogP contribution < -0.4 is 5.32 Å². The predicted molar refractivity (Wildman–Crippen MR) is 60.1 cm³/mol. The van der Waals surface area contributed by atoms with Gasteiger partial charge in [0.15, 0.2) is 0 Å². The molecule has 0 spiro atoms. The first-order valence-electron chi connectivity index (χ1n) is 5.00. The Bertz CT molecular complexity index is 136. The molecule has 0 aliphatic heterocycles. The summed E-state index contributed by atoms with van der Waals surface area (Å²) in [5, 5.41) is 3.46. The number of hydrogen-bond acceptors (Lipinski definition) is 2. The normalized spacial score (nSPS) is 12.1. The van der Waals surface area contributed by atoms with E-state index in [4.69, 9.17) is 0 Å². The highest BCUT2D eigenvalue weighted by Gasteiger charge is 2.07. The van der Waals surface area contributed by atoms with Gasteiger partial charge in [0, 0.05) is 25.2 Å². The van der Waals surface area contributed by atoms with Gasteiger partial charge in [-0.15, -0.1) is 6.58 Å². The number of hydrogen-bond donors (Lipinski definition) is 1. The topological polar surface area (TPSA) is 15.3 Å². The van der Waals surface area contributed by atoms with Gasteiger partial charge in [-0.3, -0.25) is 0 Å². The van der Waals surface area contributed by atoms with Gasteiger partial charge in [-0.25, -0.2) is 0 Å². The Morgan fingerprint density at radius 2 is 1.92 bits per heavy atom. The van der Waals surface area contributed by atoms with Crippen LogP contribution >= 0.6 is 0 Å². The van der Waals surface area contributed by atoms with E-state index < -0.39 is 0 Å². The van der Waals surface area contributed by atoms with Crippen molar-refractivity contribution in [2.75, 3.05) is 26.7 Å². The standard InChI is InChI=1S/C11H24N2/c1-6-7-9-13(5)10-8-12-11(2,3)4/h6,12H,1,7-10H2,2-5H3. The zero-order valence-electron chi connectivity index (χ0n) is 9.56. The Labute approximate surface area is 83.0 Å². The van der Waals surface area contributed by atoms with Crippen molar-refractivity contribution in [3.8, 4) is 0 Å². The molecule has 0 rings (SSSR count). The first kappa shape index (κ1) is 12.7. The Morgan fingerprint density at radius 1 is 1.31 bits per heavy atom. The summed E-state index contributed by atoms with van der Waals surface area (Å²) in [4.78, 5) is 2.32. The maximum Gasteiger partial charge on any atom is 0.0104 e. The number of rotatable bonds is 6. The molecule has 0 bridgehead atoms. The van der Waals surface area contributed by atoms with E-state index in [1.165, 1.54) is 0 Å². The van der Waals surface area contributed by atoms with Crippen LogP contribution in [0, 0.1) is 0 Å². The molecule has 2 heteroatoms. The SMILES string of the molecule is C=CCCN(C)CCNC(C)(C)C. The second-order valence-electron chi connectivity index (χ2n) is 4.56. The van der Waals surface area contributed by atoms with Gasteiger partial charge in [0.1, 0.15) is 0 Å². The second kappa shape index (κ2) is 6.17. The van der Waals surface area contributed by atoms with Crippen LogP contribution in [0.4, 0.5) is 0 Å². The fourth-order valence-corrected chi connectivity index (χ4v) is 1.05. The van der Waals surface area contributed by atoms with Gasteiger partial charge < -0.3 is 10.2 Å². The van der Waals surface area contributed by atoms with E-state index in [1.807, 2.05) is 6.08 Å². The molecule has 0 saturated heterocycles. The van der Waals surface area contributed by atoms with Gasteiger partial charge in [0.2, 0.25) is 0 Å². The Balaban J connectivity index is 3.36. The molecule has 0 amide bonds. The van der Waals surface area contributed by atoms with Gasteiger partial charge in [-0.05, 0) is 34.2 Å². The fourth-order valence-electron chi connectivity index (χ4n) is 1.05. The number of nitrogens with zero attached hydrogens (tertiary/aromatic N) is 1. The molecule has 0 aliphatic carbocycles. The van der Waals surface area contributed by atoms with E-state index in [9.17, 15) is 0 Å². The molecule has 78 valence electrons. The molecule has 13 heavy (non-hydrogen) atoms. The quantitative estimate of drug-likeness (QED) is 0.634. The molecule has 0 fully saturated rings. The van der Waals surface area contributed by atoms with Crippen LogP contribution in [0.2, 0.25) is 0 Å². The minimum absolute atomic E-state index is 0.235. The lowest BCUT2D eigenvalue weighted by Gasteiger charge is -2.23. The first-order valence-corrected chi connectivity index (χ1v) is 5.00. The largest absolute Gasteiger partial charge is 0.311 e. The summed E-state index contributed by atoms with van der Waals surface area (Å²) < 4.78 is 0. The number of nitrogens with one attached hydrogen (secondary N) is 1. The van der Waals surface area contributed by atoms with Gasteiger partial charge in [0.25, 0.3) is 0 Å². The molecule has 0 radical (unpaired) electrons. The third-order valence-electron chi connectivity index (χ3n) is 1.86. The smallest absolute Gasteiger partial charge is 0.0104 e. The molecular weight excluding hydrogens is 160 g/mol. The average molecular weight is 184 g/mol. The zero-order valence-corrected chi connectivity index (χ0v) is 9.56. The molecular formula is C11H24N2. The van der Waals surface area contributed by atoms with Crippen molar-refractivity contribution in [1.82, 2.24) is 10.2 Å². The molecule has 0 atom stereocenters. The maximum atomic E-state index is 3.71. The van der Waals surface area contributed by atoms with E-state index in [1.54, 1.807) is 0 Å². The average Bonchev–Trinajstić information content (AvgIpc) is 1.98. The second-order valence-corrected chi connectivity index (χ2v) is 4.56. The van der Waals surface area contributed by atoms with Crippen LogP contribution in [-0.2, 0) is 0 Å². The minimum Gasteiger partial charge on any atom is -0.311 e. The summed E-state index contributed by atoms with van der Waals surface area (Å²) in [6, 6.07) is 0. The Hall–Kier alpha value is -0.340. The summed E-state index contributed by atoms with van der Waals surface area (Å²) in [6.07, 6.45) is 3.04. The van der Waals surface area contributed by atoms with Gasteiger partial charge in [0.05, 0.1) is 0 Å².